The van der Waals surface area contributed by atoms with E-state index in [2.05, 4.69) is 10.1 Å². The minimum atomic E-state index is -4.40. The van der Waals surface area contributed by atoms with Crippen LogP contribution in [0.1, 0.15) is 25.7 Å². The molecule has 0 spiro atoms. The van der Waals surface area contributed by atoms with Gasteiger partial charge in [-0.1, -0.05) is 11.6 Å². The van der Waals surface area contributed by atoms with E-state index in [1.807, 2.05) is 0 Å². The van der Waals surface area contributed by atoms with Crippen LogP contribution >= 0.6 is 11.6 Å². The second-order valence-corrected chi connectivity index (χ2v) is 6.05. The average molecular weight is 366 g/mol. The van der Waals surface area contributed by atoms with Crippen LogP contribution in [0.2, 0.25) is 5.15 Å². The van der Waals surface area contributed by atoms with Crippen LogP contribution in [-0.4, -0.2) is 37.8 Å². The molecule has 2 heterocycles. The van der Waals surface area contributed by atoms with Crippen LogP contribution in [0.3, 0.4) is 0 Å². The number of pyridine rings is 1. The van der Waals surface area contributed by atoms with Crippen molar-refractivity contribution in [1.29, 1.82) is 0 Å². The van der Waals surface area contributed by atoms with Gasteiger partial charge in [0.05, 0.1) is 5.41 Å². The van der Waals surface area contributed by atoms with Crippen molar-refractivity contribution in [2.24, 2.45) is 5.41 Å². The molecule has 0 aliphatic heterocycles. The number of aromatic nitrogens is 3. The normalized spacial score (nSPS) is 12.7. The summed E-state index contributed by atoms with van der Waals surface area (Å²) in [5.74, 6) is 0.242. The topological polar surface area (TPSA) is 80.4 Å². The van der Waals surface area contributed by atoms with Gasteiger partial charge >= 0.3 is 6.18 Å². The monoisotopic (exact) mass is 365 g/mol. The van der Waals surface area contributed by atoms with Crippen molar-refractivity contribution in [3.05, 3.63) is 35.1 Å². The lowest BCUT2D eigenvalue weighted by molar-refractivity contribution is -0.219. The molecular formula is C14H15ClF3N3O3. The number of hydrogen-bond donors (Lipinski definition) is 2. The number of nitrogens with zero attached hydrogens (tertiary/aromatic N) is 3. The van der Waals surface area contributed by atoms with Crippen LogP contribution < -0.4 is 4.74 Å². The van der Waals surface area contributed by atoms with Crippen molar-refractivity contribution in [1.82, 2.24) is 14.8 Å². The molecule has 132 valence electrons. The van der Waals surface area contributed by atoms with Gasteiger partial charge in [0.25, 0.3) is 0 Å². The minimum absolute atomic E-state index is 0.00323. The van der Waals surface area contributed by atoms with Gasteiger partial charge in [0, 0.05) is 17.8 Å². The van der Waals surface area contributed by atoms with Crippen LogP contribution in [0.5, 0.6) is 5.88 Å². The van der Waals surface area contributed by atoms with E-state index in [-0.39, 0.29) is 22.4 Å². The van der Waals surface area contributed by atoms with E-state index in [0.29, 0.717) is 0 Å². The van der Waals surface area contributed by atoms with Crippen molar-refractivity contribution in [3.8, 4) is 11.7 Å². The Morgan fingerprint density at radius 1 is 1.25 bits per heavy atom. The van der Waals surface area contributed by atoms with E-state index >= 15 is 0 Å². The second kappa shape index (κ2) is 6.58. The predicted molar refractivity (Wildman–Crippen MR) is 78.9 cm³/mol. The molecule has 2 aromatic rings. The molecular weight excluding hydrogens is 351 g/mol. The second-order valence-electron chi connectivity index (χ2n) is 5.69. The van der Waals surface area contributed by atoms with Crippen molar-refractivity contribution in [2.45, 2.75) is 26.3 Å². The molecule has 0 aromatic carbocycles. The lowest BCUT2D eigenvalue weighted by atomic mass is 9.94. The summed E-state index contributed by atoms with van der Waals surface area (Å²) in [5, 5.41) is 22.0. The number of alkyl halides is 3. The highest BCUT2D eigenvalue weighted by Gasteiger charge is 2.48. The molecule has 2 rings (SSSR count). The fraction of sp³-hybridized carbons (Fsp3) is 0.429. The molecule has 0 radical (unpaired) electrons. The van der Waals surface area contributed by atoms with Crippen LogP contribution in [0.15, 0.2) is 24.4 Å². The van der Waals surface area contributed by atoms with Crippen LogP contribution in [0.4, 0.5) is 13.2 Å². The molecule has 0 aliphatic carbocycles. The number of aliphatic hydroxyl groups is 2. The van der Waals surface area contributed by atoms with Gasteiger partial charge in [-0.25, -0.2) is 9.67 Å². The summed E-state index contributed by atoms with van der Waals surface area (Å²) < 4.78 is 44.7. The highest BCUT2D eigenvalue weighted by molar-refractivity contribution is 6.30. The summed E-state index contributed by atoms with van der Waals surface area (Å²) in [6, 6.07) is 4.16. The van der Waals surface area contributed by atoms with E-state index in [1.165, 1.54) is 29.1 Å². The molecule has 10 heteroatoms. The summed E-state index contributed by atoms with van der Waals surface area (Å²) >= 11 is 5.82. The fourth-order valence-corrected chi connectivity index (χ4v) is 1.85. The van der Waals surface area contributed by atoms with Gasteiger partial charge in [0.1, 0.15) is 11.8 Å². The number of hydrogen-bond acceptors (Lipinski definition) is 5. The first kappa shape index (κ1) is 18.5. The first-order valence-electron chi connectivity index (χ1n) is 6.79. The van der Waals surface area contributed by atoms with Gasteiger partial charge in [-0.05, 0) is 26.0 Å². The maximum atomic E-state index is 12.8. The number of ether oxygens (including phenoxy) is 1. The third-order valence-electron chi connectivity index (χ3n) is 3.29. The van der Waals surface area contributed by atoms with Gasteiger partial charge in [-0.15, -0.1) is 5.10 Å². The standard InChI is InChI=1S/C14H15ClF3N3O3/c1-13(2,14(16,17)18)7-24-10-5-6-21(20-10)9-4-3-8(12(22)23)11(15)19-9/h3-6,12,22-23H,7H2,1-2H3. The van der Waals surface area contributed by atoms with Gasteiger partial charge in [0.2, 0.25) is 5.88 Å². The molecule has 0 saturated heterocycles. The molecule has 0 saturated carbocycles. The third-order valence-corrected chi connectivity index (χ3v) is 3.59. The van der Waals surface area contributed by atoms with Crippen LogP contribution in [-0.2, 0) is 0 Å². The number of rotatable bonds is 5. The molecule has 0 bridgehead atoms. The van der Waals surface area contributed by atoms with Gasteiger partial charge in [0.15, 0.2) is 12.1 Å². The van der Waals surface area contributed by atoms with Crippen molar-refractivity contribution >= 4 is 11.6 Å². The zero-order valence-electron chi connectivity index (χ0n) is 12.8. The lowest BCUT2D eigenvalue weighted by Crippen LogP contribution is -2.37. The summed E-state index contributed by atoms with van der Waals surface area (Å²) in [4.78, 5) is 3.94. The van der Waals surface area contributed by atoms with Crippen LogP contribution in [0, 0.1) is 5.41 Å². The van der Waals surface area contributed by atoms with Crippen molar-refractivity contribution in [2.75, 3.05) is 6.61 Å². The molecule has 0 aliphatic rings. The summed E-state index contributed by atoms with van der Waals surface area (Å²) in [6.07, 6.45) is -4.73. The molecule has 0 fully saturated rings. The Hall–Kier alpha value is -1.84. The fourth-order valence-electron chi connectivity index (χ4n) is 1.60. The lowest BCUT2D eigenvalue weighted by Gasteiger charge is -2.26. The van der Waals surface area contributed by atoms with Crippen molar-refractivity contribution in [3.63, 3.8) is 0 Å². The van der Waals surface area contributed by atoms with Gasteiger partial charge in [-0.2, -0.15) is 13.2 Å². The Kier molecular flexibility index (Phi) is 5.07. The third kappa shape index (κ3) is 3.97. The van der Waals surface area contributed by atoms with E-state index in [0.717, 1.165) is 13.8 Å². The molecule has 6 nitrogen and oxygen atoms in total. The Morgan fingerprint density at radius 3 is 2.46 bits per heavy atom. The SMILES string of the molecule is CC(C)(COc1ccn(-c2ccc(C(O)O)c(Cl)n2)n1)C(F)(F)F. The number of aliphatic hydroxyl groups excluding tert-OH is 1. The smallest absolute Gasteiger partial charge is 0.397 e. The van der Waals surface area contributed by atoms with E-state index in [4.69, 9.17) is 26.6 Å². The van der Waals surface area contributed by atoms with Gasteiger partial charge in [-0.3, -0.25) is 0 Å². The zero-order chi connectivity index (χ0) is 18.1. The Balaban J connectivity index is 2.13. The van der Waals surface area contributed by atoms with Crippen molar-refractivity contribution < 1.29 is 28.1 Å². The first-order chi connectivity index (χ1) is 11.0. The molecule has 24 heavy (non-hydrogen) atoms. The van der Waals surface area contributed by atoms with E-state index in [1.54, 1.807) is 0 Å². The summed E-state index contributed by atoms with van der Waals surface area (Å²) in [5.41, 5.74) is -1.99. The Labute approximate surface area is 140 Å². The Morgan fingerprint density at radius 2 is 1.92 bits per heavy atom. The van der Waals surface area contributed by atoms with E-state index in [9.17, 15) is 13.2 Å². The minimum Gasteiger partial charge on any atom is -0.476 e. The highest BCUT2D eigenvalue weighted by Crippen LogP contribution is 2.37. The highest BCUT2D eigenvalue weighted by atomic mass is 35.5. The maximum Gasteiger partial charge on any atom is 0.397 e. The van der Waals surface area contributed by atoms with Gasteiger partial charge < -0.3 is 14.9 Å². The average Bonchev–Trinajstić information content (AvgIpc) is 2.92. The first-order valence-corrected chi connectivity index (χ1v) is 7.17. The molecule has 0 atom stereocenters. The summed E-state index contributed by atoms with van der Waals surface area (Å²) in [7, 11) is 0. The molecule has 0 unspecified atom stereocenters. The maximum absolute atomic E-state index is 12.8. The molecule has 2 aromatic heterocycles. The zero-order valence-corrected chi connectivity index (χ0v) is 13.5. The Bertz CT molecular complexity index is 717. The molecule has 0 amide bonds. The summed E-state index contributed by atoms with van der Waals surface area (Å²) in [6.45, 7) is 1.48. The molecule has 2 N–H and O–H groups in total. The largest absolute Gasteiger partial charge is 0.476 e. The quantitative estimate of drug-likeness (QED) is 0.629. The van der Waals surface area contributed by atoms with Crippen LogP contribution in [0.25, 0.3) is 5.82 Å². The van der Waals surface area contributed by atoms with E-state index < -0.39 is 24.5 Å². The predicted octanol–water partition coefficient (Wildman–Crippen LogP) is 2.87. The number of halogens is 4.